The summed E-state index contributed by atoms with van der Waals surface area (Å²) in [5, 5.41) is 14.6. The second kappa shape index (κ2) is 3.73. The van der Waals surface area contributed by atoms with Gasteiger partial charge in [0, 0.05) is 6.54 Å². The molecule has 2 heterocycles. The number of morpholine rings is 1. The van der Waals surface area contributed by atoms with Gasteiger partial charge in [-0.1, -0.05) is 0 Å². The minimum absolute atomic E-state index is 0.0297. The first-order chi connectivity index (χ1) is 7.18. The van der Waals surface area contributed by atoms with Crippen molar-refractivity contribution in [3.8, 4) is 0 Å². The number of amides is 1. The lowest BCUT2D eigenvalue weighted by atomic mass is 10.2. The fourth-order valence-corrected chi connectivity index (χ4v) is 1.42. The zero-order valence-electron chi connectivity index (χ0n) is 7.67. The number of carbonyl (C=O) groups is 1. The van der Waals surface area contributed by atoms with Crippen LogP contribution in [0.15, 0.2) is 9.21 Å². The molecule has 0 unspecified atom stereocenters. The molecule has 15 heavy (non-hydrogen) atoms. The Labute approximate surface area is 83.4 Å². The largest absolute Gasteiger partial charge is 0.465 e. The highest BCUT2D eigenvalue weighted by atomic mass is 16.5. The van der Waals surface area contributed by atoms with E-state index in [-0.39, 0.29) is 19.0 Å². The third-order valence-corrected chi connectivity index (χ3v) is 2.11. The van der Waals surface area contributed by atoms with E-state index in [1.165, 1.54) is 0 Å². The van der Waals surface area contributed by atoms with E-state index in [4.69, 9.17) is 14.3 Å². The summed E-state index contributed by atoms with van der Waals surface area (Å²) in [5.41, 5.74) is 0. The quantitative estimate of drug-likeness (QED) is 0.648. The lowest BCUT2D eigenvalue weighted by Gasteiger charge is -2.30. The molecule has 0 radical (unpaired) electrons. The predicted molar refractivity (Wildman–Crippen MR) is 45.4 cm³/mol. The first-order valence-corrected chi connectivity index (χ1v) is 4.31. The molecule has 1 aromatic rings. The minimum Gasteiger partial charge on any atom is -0.465 e. The van der Waals surface area contributed by atoms with Gasteiger partial charge in [-0.05, 0) is 0 Å². The average molecular weight is 215 g/mol. The number of hydrogen-bond acceptors (Lipinski definition) is 5. The Morgan fingerprint density at radius 2 is 2.47 bits per heavy atom. The second-order valence-corrected chi connectivity index (χ2v) is 3.02. The van der Waals surface area contributed by atoms with Crippen LogP contribution >= 0.6 is 0 Å². The molecule has 1 aliphatic rings. The van der Waals surface area contributed by atoms with Gasteiger partial charge in [0.05, 0.1) is 13.2 Å². The Morgan fingerprint density at radius 1 is 1.67 bits per heavy atom. The van der Waals surface area contributed by atoms with E-state index in [2.05, 4.69) is 10.2 Å². The average Bonchev–Trinajstić information content (AvgIpc) is 2.65. The van der Waals surface area contributed by atoms with Gasteiger partial charge in [0.25, 0.3) is 0 Å². The van der Waals surface area contributed by atoms with Crippen LogP contribution in [0.2, 0.25) is 0 Å². The first kappa shape index (κ1) is 9.71. The van der Waals surface area contributed by atoms with Gasteiger partial charge >= 0.3 is 11.8 Å². The van der Waals surface area contributed by atoms with Crippen LogP contribution < -0.4 is 5.76 Å². The summed E-state index contributed by atoms with van der Waals surface area (Å²) in [4.78, 5) is 22.7. The van der Waals surface area contributed by atoms with Gasteiger partial charge in [-0.3, -0.25) is 4.90 Å². The fourth-order valence-electron chi connectivity index (χ4n) is 1.42. The van der Waals surface area contributed by atoms with E-state index in [0.717, 1.165) is 4.90 Å². The van der Waals surface area contributed by atoms with Crippen LogP contribution in [-0.2, 0) is 4.74 Å². The molecule has 2 rings (SSSR count). The number of ether oxygens (including phenoxy) is 1. The van der Waals surface area contributed by atoms with Crippen LogP contribution in [0.4, 0.5) is 4.79 Å². The van der Waals surface area contributed by atoms with Crippen molar-refractivity contribution in [3.05, 3.63) is 16.4 Å². The molecular weight excluding hydrogens is 206 g/mol. The molecule has 82 valence electrons. The highest BCUT2D eigenvalue weighted by molar-refractivity contribution is 5.65. The van der Waals surface area contributed by atoms with E-state index < -0.39 is 17.9 Å². The Balaban J connectivity index is 2.25. The molecule has 8 heteroatoms. The van der Waals surface area contributed by atoms with E-state index >= 15 is 0 Å². The van der Waals surface area contributed by atoms with E-state index in [1.54, 1.807) is 0 Å². The van der Waals surface area contributed by atoms with Crippen LogP contribution in [-0.4, -0.2) is 46.1 Å². The van der Waals surface area contributed by atoms with Crippen LogP contribution in [0.1, 0.15) is 11.9 Å². The maximum absolute atomic E-state index is 10.9. The molecule has 1 aliphatic heterocycles. The van der Waals surface area contributed by atoms with Crippen LogP contribution in [0.5, 0.6) is 0 Å². The number of nitrogens with one attached hydrogen (secondary N) is 1. The maximum atomic E-state index is 10.9. The van der Waals surface area contributed by atoms with Crippen molar-refractivity contribution in [3.63, 3.8) is 0 Å². The third-order valence-electron chi connectivity index (χ3n) is 2.11. The molecule has 1 amide bonds. The summed E-state index contributed by atoms with van der Waals surface area (Å²) in [6, 6.07) is -0.657. The van der Waals surface area contributed by atoms with Gasteiger partial charge in [-0.2, -0.15) is 0 Å². The van der Waals surface area contributed by atoms with E-state index in [0.29, 0.717) is 6.61 Å². The fraction of sp³-hybridized carbons (Fsp3) is 0.571. The molecule has 0 saturated carbocycles. The molecule has 0 aliphatic carbocycles. The Kier molecular flexibility index (Phi) is 2.42. The van der Waals surface area contributed by atoms with Crippen molar-refractivity contribution < 1.29 is 19.1 Å². The molecule has 2 N–H and O–H groups in total. The van der Waals surface area contributed by atoms with Crippen molar-refractivity contribution in [2.24, 2.45) is 0 Å². The summed E-state index contributed by atoms with van der Waals surface area (Å²) in [5.74, 6) is -0.678. The summed E-state index contributed by atoms with van der Waals surface area (Å²) in [6.07, 6.45) is -1.09. The zero-order chi connectivity index (χ0) is 10.8. The van der Waals surface area contributed by atoms with Crippen LogP contribution in [0, 0.1) is 0 Å². The van der Waals surface area contributed by atoms with Crippen molar-refractivity contribution in [2.75, 3.05) is 19.8 Å². The van der Waals surface area contributed by atoms with Crippen molar-refractivity contribution in [1.82, 2.24) is 15.1 Å². The molecule has 1 aromatic heterocycles. The van der Waals surface area contributed by atoms with E-state index in [9.17, 15) is 9.59 Å². The molecule has 1 saturated heterocycles. The monoisotopic (exact) mass is 215 g/mol. The third kappa shape index (κ3) is 1.84. The number of hydrogen-bond donors (Lipinski definition) is 2. The number of H-pyrrole nitrogens is 1. The molecule has 0 spiro atoms. The van der Waals surface area contributed by atoms with Crippen molar-refractivity contribution in [2.45, 2.75) is 6.04 Å². The topological polar surface area (TPSA) is 109 Å². The predicted octanol–water partition coefficient (Wildman–Crippen LogP) is -0.586. The van der Waals surface area contributed by atoms with Gasteiger partial charge in [-0.15, -0.1) is 5.10 Å². The summed E-state index contributed by atoms with van der Waals surface area (Å²) < 4.78 is 9.80. The number of aromatic amines is 1. The molecule has 1 atom stereocenters. The Bertz CT molecular complexity index is 411. The maximum Gasteiger partial charge on any atom is 0.434 e. The molecule has 1 fully saturated rings. The molecular formula is C7H9N3O5. The van der Waals surface area contributed by atoms with E-state index in [1.807, 2.05) is 0 Å². The SMILES string of the molecule is O=C(O)N1CCOC[C@H]1c1n[nH]c(=O)o1. The Morgan fingerprint density at radius 3 is 3.07 bits per heavy atom. The number of aromatic nitrogens is 2. The lowest BCUT2D eigenvalue weighted by Crippen LogP contribution is -2.42. The van der Waals surface area contributed by atoms with Crippen molar-refractivity contribution in [1.29, 1.82) is 0 Å². The lowest BCUT2D eigenvalue weighted by molar-refractivity contribution is -0.00998. The highest BCUT2D eigenvalue weighted by Crippen LogP contribution is 2.21. The minimum atomic E-state index is -1.09. The Hall–Kier alpha value is -1.83. The summed E-state index contributed by atoms with van der Waals surface area (Å²) >= 11 is 0. The zero-order valence-corrected chi connectivity index (χ0v) is 7.67. The van der Waals surface area contributed by atoms with Gasteiger partial charge in [0.2, 0.25) is 5.89 Å². The van der Waals surface area contributed by atoms with Gasteiger partial charge in [-0.25, -0.2) is 14.7 Å². The first-order valence-electron chi connectivity index (χ1n) is 4.31. The standard InChI is InChI=1S/C7H9N3O5/c11-6-9-8-5(15-6)4-3-14-2-1-10(4)7(12)13/h4H,1-3H2,(H,9,11)(H,12,13)/t4-/m0/s1. The van der Waals surface area contributed by atoms with Crippen LogP contribution in [0.3, 0.4) is 0 Å². The van der Waals surface area contributed by atoms with Gasteiger partial charge < -0.3 is 14.3 Å². The smallest absolute Gasteiger partial charge is 0.434 e. The molecule has 8 nitrogen and oxygen atoms in total. The highest BCUT2D eigenvalue weighted by Gasteiger charge is 2.32. The second-order valence-electron chi connectivity index (χ2n) is 3.02. The number of rotatable bonds is 1. The normalized spacial score (nSPS) is 21.6. The van der Waals surface area contributed by atoms with Gasteiger partial charge in [0.1, 0.15) is 6.04 Å². The van der Waals surface area contributed by atoms with Gasteiger partial charge in [0.15, 0.2) is 0 Å². The number of nitrogens with zero attached hydrogens (tertiary/aromatic N) is 2. The summed E-state index contributed by atoms with van der Waals surface area (Å²) in [7, 11) is 0. The molecule has 0 bridgehead atoms. The van der Waals surface area contributed by atoms with Crippen molar-refractivity contribution >= 4 is 6.09 Å². The summed E-state index contributed by atoms with van der Waals surface area (Å²) in [6.45, 7) is 0.702. The molecule has 0 aromatic carbocycles. The van der Waals surface area contributed by atoms with Crippen LogP contribution in [0.25, 0.3) is 0 Å². The number of carboxylic acid groups (broad SMARTS) is 1.